The average Bonchev–Trinajstić information content (AvgIpc) is 2.46. The van der Waals surface area contributed by atoms with Crippen LogP contribution >= 0.6 is 11.6 Å². The number of amidine groups is 1. The van der Waals surface area contributed by atoms with Crippen LogP contribution in [0, 0.1) is 0 Å². The first-order valence-electron chi connectivity index (χ1n) is 5.96. The molecule has 0 aliphatic heterocycles. The lowest BCUT2D eigenvalue weighted by molar-refractivity contribution is 1.45. The van der Waals surface area contributed by atoms with Crippen molar-refractivity contribution < 1.29 is 0 Å². The molecule has 3 rings (SSSR count). The third-order valence-corrected chi connectivity index (χ3v) is 3.23. The molecule has 3 nitrogen and oxygen atoms in total. The van der Waals surface area contributed by atoms with Gasteiger partial charge in [0.1, 0.15) is 5.84 Å². The van der Waals surface area contributed by atoms with Crippen LogP contribution in [0.5, 0.6) is 0 Å². The molecule has 19 heavy (non-hydrogen) atoms. The van der Waals surface area contributed by atoms with Gasteiger partial charge in [-0.25, -0.2) is 9.98 Å². The first-order valence-corrected chi connectivity index (χ1v) is 6.49. The van der Waals surface area contributed by atoms with Gasteiger partial charge < -0.3 is 5.73 Å². The second-order valence-electron chi connectivity index (χ2n) is 4.23. The number of aliphatic imine (C=N–C) groups is 1. The minimum absolute atomic E-state index is 0.213. The van der Waals surface area contributed by atoms with Gasteiger partial charge in [0.2, 0.25) is 0 Å². The number of fused-ring (bicyclic) bond motifs is 2. The number of pyridine rings is 1. The summed E-state index contributed by atoms with van der Waals surface area (Å²) in [5.74, 6) is 0.619. The number of para-hydroxylation sites is 2. The van der Waals surface area contributed by atoms with E-state index < -0.39 is 0 Å². The molecule has 2 aromatic carbocycles. The third kappa shape index (κ3) is 2.13. The number of hydrogen-bond acceptors (Lipinski definition) is 2. The molecule has 0 fully saturated rings. The van der Waals surface area contributed by atoms with Crippen LogP contribution in [0.1, 0.15) is 0 Å². The standard InChI is InChI=1S/C15H12ClN3/c16-9-14(17)19-15-10-5-1-3-7-12(10)18-13-8-4-2-6-11(13)15/h1-8H,9H2,(H2,17,18,19). The van der Waals surface area contributed by atoms with Crippen LogP contribution in [0.25, 0.3) is 21.8 Å². The molecule has 0 unspecified atom stereocenters. The lowest BCUT2D eigenvalue weighted by Crippen LogP contribution is -2.12. The van der Waals surface area contributed by atoms with E-state index in [9.17, 15) is 0 Å². The fraction of sp³-hybridized carbons (Fsp3) is 0.0667. The first kappa shape index (κ1) is 11.9. The molecule has 2 N–H and O–H groups in total. The van der Waals surface area contributed by atoms with Gasteiger partial charge in [-0.3, -0.25) is 0 Å². The Bertz CT molecular complexity index is 727. The zero-order chi connectivity index (χ0) is 13.2. The molecule has 0 aliphatic carbocycles. The Morgan fingerprint density at radius 3 is 2.05 bits per heavy atom. The Kier molecular flexibility index (Phi) is 3.05. The van der Waals surface area contributed by atoms with Crippen LogP contribution in [0.2, 0.25) is 0 Å². The monoisotopic (exact) mass is 269 g/mol. The van der Waals surface area contributed by atoms with Crippen LogP contribution in [0.3, 0.4) is 0 Å². The van der Waals surface area contributed by atoms with Crippen molar-refractivity contribution in [3.63, 3.8) is 0 Å². The summed E-state index contributed by atoms with van der Waals surface area (Å²) in [7, 11) is 0. The molecule has 0 bridgehead atoms. The van der Waals surface area contributed by atoms with Gasteiger partial charge in [0, 0.05) is 10.8 Å². The van der Waals surface area contributed by atoms with E-state index in [2.05, 4.69) is 9.98 Å². The quantitative estimate of drug-likeness (QED) is 0.334. The second-order valence-corrected chi connectivity index (χ2v) is 4.50. The largest absolute Gasteiger partial charge is 0.386 e. The van der Waals surface area contributed by atoms with E-state index in [-0.39, 0.29) is 5.88 Å². The highest BCUT2D eigenvalue weighted by atomic mass is 35.5. The number of rotatable bonds is 2. The van der Waals surface area contributed by atoms with Crippen molar-refractivity contribution in [3.05, 3.63) is 48.5 Å². The van der Waals surface area contributed by atoms with E-state index in [4.69, 9.17) is 17.3 Å². The molecule has 0 saturated carbocycles. The summed E-state index contributed by atoms with van der Waals surface area (Å²) in [5, 5.41) is 1.96. The smallest absolute Gasteiger partial charge is 0.115 e. The van der Waals surface area contributed by atoms with Gasteiger partial charge in [-0.15, -0.1) is 11.6 Å². The van der Waals surface area contributed by atoms with Gasteiger partial charge >= 0.3 is 0 Å². The molecule has 0 spiro atoms. The number of nitrogens with zero attached hydrogens (tertiary/aromatic N) is 2. The average molecular weight is 270 g/mol. The van der Waals surface area contributed by atoms with E-state index in [1.807, 2.05) is 48.5 Å². The second kappa shape index (κ2) is 4.86. The normalized spacial score (nSPS) is 12.2. The van der Waals surface area contributed by atoms with Gasteiger partial charge in [-0.1, -0.05) is 36.4 Å². The molecule has 0 atom stereocenters. The van der Waals surface area contributed by atoms with Crippen molar-refractivity contribution in [1.82, 2.24) is 4.98 Å². The Labute approximate surface area is 115 Å². The molecule has 4 heteroatoms. The summed E-state index contributed by atoms with van der Waals surface area (Å²) in [4.78, 5) is 9.08. The van der Waals surface area contributed by atoms with Crippen molar-refractivity contribution in [2.75, 3.05) is 5.88 Å². The maximum absolute atomic E-state index is 5.78. The Morgan fingerprint density at radius 1 is 1.00 bits per heavy atom. The topological polar surface area (TPSA) is 51.3 Å². The van der Waals surface area contributed by atoms with Crippen molar-refractivity contribution in [1.29, 1.82) is 0 Å². The van der Waals surface area contributed by atoms with Gasteiger partial charge in [0.15, 0.2) is 0 Å². The van der Waals surface area contributed by atoms with Gasteiger partial charge in [0.25, 0.3) is 0 Å². The summed E-state index contributed by atoms with van der Waals surface area (Å²) in [6.07, 6.45) is 0. The van der Waals surface area contributed by atoms with E-state index in [1.54, 1.807) is 0 Å². The highest BCUT2D eigenvalue weighted by Crippen LogP contribution is 2.32. The number of alkyl halides is 1. The van der Waals surface area contributed by atoms with E-state index in [0.717, 1.165) is 27.5 Å². The van der Waals surface area contributed by atoms with E-state index in [1.165, 1.54) is 0 Å². The maximum atomic E-state index is 5.78. The third-order valence-electron chi connectivity index (χ3n) is 2.95. The van der Waals surface area contributed by atoms with Crippen molar-refractivity contribution in [3.8, 4) is 0 Å². The summed E-state index contributed by atoms with van der Waals surface area (Å²) in [6, 6.07) is 15.8. The Balaban J connectivity index is 2.46. The van der Waals surface area contributed by atoms with Crippen LogP contribution in [0.15, 0.2) is 53.5 Å². The minimum atomic E-state index is 0.213. The van der Waals surface area contributed by atoms with Crippen LogP contribution in [0.4, 0.5) is 5.69 Å². The zero-order valence-electron chi connectivity index (χ0n) is 10.2. The number of nitrogens with two attached hydrogens (primary N) is 1. The van der Waals surface area contributed by atoms with E-state index >= 15 is 0 Å². The fourth-order valence-corrected chi connectivity index (χ4v) is 2.17. The molecular weight excluding hydrogens is 258 g/mol. The molecule has 1 heterocycles. The molecule has 0 amide bonds. The SMILES string of the molecule is NC(CCl)=Nc1c2ccccc2nc2ccccc12. The highest BCUT2D eigenvalue weighted by molar-refractivity contribution is 6.28. The Hall–Kier alpha value is -2.13. The molecular formula is C15H12ClN3. The molecule has 94 valence electrons. The molecule has 1 aromatic heterocycles. The minimum Gasteiger partial charge on any atom is -0.386 e. The number of aromatic nitrogens is 1. The Morgan fingerprint density at radius 2 is 1.53 bits per heavy atom. The van der Waals surface area contributed by atoms with Gasteiger partial charge in [-0.05, 0) is 12.1 Å². The molecule has 0 saturated heterocycles. The molecule has 0 radical (unpaired) electrons. The number of halogens is 1. The van der Waals surface area contributed by atoms with Crippen molar-refractivity contribution in [2.45, 2.75) is 0 Å². The molecule has 3 aromatic rings. The summed E-state index contributed by atoms with van der Waals surface area (Å²) < 4.78 is 0. The van der Waals surface area contributed by atoms with Crippen molar-refractivity contribution >= 4 is 44.9 Å². The summed E-state index contributed by atoms with van der Waals surface area (Å²) in [6.45, 7) is 0. The van der Waals surface area contributed by atoms with Gasteiger partial charge in [0.05, 0.1) is 22.6 Å². The van der Waals surface area contributed by atoms with Crippen molar-refractivity contribution in [2.24, 2.45) is 10.7 Å². The lowest BCUT2D eigenvalue weighted by atomic mass is 10.1. The van der Waals surface area contributed by atoms with E-state index in [0.29, 0.717) is 5.84 Å². The van der Waals surface area contributed by atoms with Crippen LogP contribution in [-0.2, 0) is 0 Å². The highest BCUT2D eigenvalue weighted by Gasteiger charge is 2.07. The van der Waals surface area contributed by atoms with Crippen LogP contribution < -0.4 is 5.73 Å². The number of benzene rings is 2. The first-order chi connectivity index (χ1) is 9.29. The fourth-order valence-electron chi connectivity index (χ4n) is 2.11. The predicted molar refractivity (Wildman–Crippen MR) is 81.3 cm³/mol. The lowest BCUT2D eigenvalue weighted by Gasteiger charge is -2.07. The summed E-state index contributed by atoms with van der Waals surface area (Å²) in [5.41, 5.74) is 8.43. The maximum Gasteiger partial charge on any atom is 0.115 e. The number of hydrogen-bond donors (Lipinski definition) is 1. The van der Waals surface area contributed by atoms with Crippen LogP contribution in [-0.4, -0.2) is 16.7 Å². The summed E-state index contributed by atoms with van der Waals surface area (Å²) >= 11 is 5.73. The predicted octanol–water partition coefficient (Wildman–Crippen LogP) is 3.62. The van der Waals surface area contributed by atoms with Gasteiger partial charge in [-0.2, -0.15) is 0 Å². The zero-order valence-corrected chi connectivity index (χ0v) is 10.9. The molecule has 0 aliphatic rings.